The molecule has 6 heteroatoms. The molecule has 0 unspecified atom stereocenters. The van der Waals surface area contributed by atoms with Gasteiger partial charge in [-0.3, -0.25) is 10.1 Å². The molecule has 1 saturated heterocycles. The van der Waals surface area contributed by atoms with Gasteiger partial charge in [0.1, 0.15) is 10.7 Å². The monoisotopic (exact) mass is 286 g/mol. The van der Waals surface area contributed by atoms with Crippen molar-refractivity contribution in [2.24, 2.45) is 5.92 Å². The molecule has 1 aliphatic heterocycles. The van der Waals surface area contributed by atoms with E-state index in [0.29, 0.717) is 11.6 Å². The van der Waals surface area contributed by atoms with Crippen LogP contribution in [-0.2, 0) is 0 Å². The standard InChI is InChI=1S/C12H15ClN2O2S/c13-10-2-1-3-11(12(10)15(16)17)14-8-9-4-6-18-7-5-9/h1-3,9,14H,4-8H2. The first-order chi connectivity index (χ1) is 8.68. The summed E-state index contributed by atoms with van der Waals surface area (Å²) < 4.78 is 0. The number of halogens is 1. The number of hydrogen-bond donors (Lipinski definition) is 1. The maximum atomic E-state index is 11.0. The zero-order valence-electron chi connectivity index (χ0n) is 9.89. The highest BCUT2D eigenvalue weighted by molar-refractivity contribution is 7.99. The number of para-hydroxylation sites is 1. The van der Waals surface area contributed by atoms with E-state index >= 15 is 0 Å². The Bertz CT molecular complexity index is 436. The van der Waals surface area contributed by atoms with Gasteiger partial charge in [0.15, 0.2) is 0 Å². The SMILES string of the molecule is O=[N+]([O-])c1c(Cl)cccc1NCC1CCSCC1. The molecule has 0 saturated carbocycles. The summed E-state index contributed by atoms with van der Waals surface area (Å²) in [5.74, 6) is 2.97. The Hall–Kier alpha value is -0.940. The van der Waals surface area contributed by atoms with E-state index in [1.54, 1.807) is 18.2 Å². The minimum atomic E-state index is -0.429. The van der Waals surface area contributed by atoms with Crippen molar-refractivity contribution in [1.29, 1.82) is 0 Å². The van der Waals surface area contributed by atoms with Crippen LogP contribution in [0.3, 0.4) is 0 Å². The van der Waals surface area contributed by atoms with E-state index in [2.05, 4.69) is 5.32 Å². The molecule has 98 valence electrons. The zero-order chi connectivity index (χ0) is 13.0. The van der Waals surface area contributed by atoms with Crippen LogP contribution in [0.4, 0.5) is 11.4 Å². The normalized spacial score (nSPS) is 16.5. The van der Waals surface area contributed by atoms with E-state index in [9.17, 15) is 10.1 Å². The Labute approximate surface area is 115 Å². The van der Waals surface area contributed by atoms with Gasteiger partial charge in [0.05, 0.1) is 4.92 Å². The van der Waals surface area contributed by atoms with Crippen LogP contribution >= 0.6 is 23.4 Å². The molecule has 0 aromatic heterocycles. The van der Waals surface area contributed by atoms with Crippen LogP contribution in [0.2, 0.25) is 5.02 Å². The second-order valence-electron chi connectivity index (χ2n) is 4.33. The summed E-state index contributed by atoms with van der Waals surface area (Å²) in [7, 11) is 0. The summed E-state index contributed by atoms with van der Waals surface area (Å²) in [6.45, 7) is 0.780. The van der Waals surface area contributed by atoms with Crippen LogP contribution in [-0.4, -0.2) is 23.0 Å². The molecule has 0 bridgehead atoms. The summed E-state index contributed by atoms with van der Waals surface area (Å²) >= 11 is 7.83. The number of nitro groups is 1. The highest BCUT2D eigenvalue weighted by Crippen LogP contribution is 2.33. The predicted molar refractivity (Wildman–Crippen MR) is 76.6 cm³/mol. The first-order valence-corrected chi connectivity index (χ1v) is 7.46. The van der Waals surface area contributed by atoms with Gasteiger partial charge in [0.2, 0.25) is 0 Å². The largest absolute Gasteiger partial charge is 0.379 e. The molecule has 1 aromatic carbocycles. The molecule has 2 rings (SSSR count). The number of rotatable bonds is 4. The van der Waals surface area contributed by atoms with Crippen molar-refractivity contribution in [3.63, 3.8) is 0 Å². The Balaban J connectivity index is 2.04. The molecule has 1 aliphatic rings. The lowest BCUT2D eigenvalue weighted by Crippen LogP contribution is -2.19. The lowest BCUT2D eigenvalue weighted by atomic mass is 10.0. The maximum absolute atomic E-state index is 11.0. The van der Waals surface area contributed by atoms with E-state index in [4.69, 9.17) is 11.6 Å². The number of thioether (sulfide) groups is 1. The first kappa shape index (κ1) is 13.5. The average molecular weight is 287 g/mol. The van der Waals surface area contributed by atoms with Crippen molar-refractivity contribution in [2.45, 2.75) is 12.8 Å². The third-order valence-electron chi connectivity index (χ3n) is 3.09. The van der Waals surface area contributed by atoms with Crippen LogP contribution in [0.1, 0.15) is 12.8 Å². The highest BCUT2D eigenvalue weighted by atomic mass is 35.5. The lowest BCUT2D eigenvalue weighted by molar-refractivity contribution is -0.383. The number of benzene rings is 1. The Morgan fingerprint density at radius 2 is 2.17 bits per heavy atom. The molecule has 1 N–H and O–H groups in total. The molecule has 0 radical (unpaired) electrons. The second kappa shape index (κ2) is 6.29. The van der Waals surface area contributed by atoms with E-state index in [1.165, 1.54) is 24.3 Å². The van der Waals surface area contributed by atoms with Gasteiger partial charge in [-0.05, 0) is 42.4 Å². The van der Waals surface area contributed by atoms with Gasteiger partial charge >= 0.3 is 5.69 Å². The topological polar surface area (TPSA) is 55.2 Å². The number of nitrogens with one attached hydrogen (secondary N) is 1. The molecular weight excluding hydrogens is 272 g/mol. The van der Waals surface area contributed by atoms with Crippen LogP contribution in [0, 0.1) is 16.0 Å². The summed E-state index contributed by atoms with van der Waals surface area (Å²) in [5, 5.41) is 14.3. The fraction of sp³-hybridized carbons (Fsp3) is 0.500. The molecule has 0 atom stereocenters. The van der Waals surface area contributed by atoms with Gasteiger partial charge in [-0.25, -0.2) is 0 Å². The molecular formula is C12H15ClN2O2S. The quantitative estimate of drug-likeness (QED) is 0.675. The van der Waals surface area contributed by atoms with Crippen LogP contribution in [0.15, 0.2) is 18.2 Å². The molecule has 0 amide bonds. The third kappa shape index (κ3) is 3.29. The van der Waals surface area contributed by atoms with Crippen molar-refractivity contribution < 1.29 is 4.92 Å². The molecule has 0 aliphatic carbocycles. The summed E-state index contributed by atoms with van der Waals surface area (Å²) in [6.07, 6.45) is 2.35. The van der Waals surface area contributed by atoms with Crippen LogP contribution in [0.25, 0.3) is 0 Å². The van der Waals surface area contributed by atoms with Crippen LogP contribution in [0.5, 0.6) is 0 Å². The van der Waals surface area contributed by atoms with Gasteiger partial charge in [-0.1, -0.05) is 17.7 Å². The third-order valence-corrected chi connectivity index (χ3v) is 4.45. The highest BCUT2D eigenvalue weighted by Gasteiger charge is 2.20. The molecule has 1 heterocycles. The van der Waals surface area contributed by atoms with Gasteiger partial charge in [-0.15, -0.1) is 0 Å². The lowest BCUT2D eigenvalue weighted by Gasteiger charge is -2.22. The fourth-order valence-electron chi connectivity index (χ4n) is 2.05. The minimum Gasteiger partial charge on any atom is -0.379 e. The van der Waals surface area contributed by atoms with Crippen molar-refractivity contribution in [1.82, 2.24) is 0 Å². The van der Waals surface area contributed by atoms with E-state index in [0.717, 1.165) is 6.54 Å². The number of nitro benzene ring substituents is 1. The van der Waals surface area contributed by atoms with E-state index in [-0.39, 0.29) is 10.7 Å². The van der Waals surface area contributed by atoms with Crippen LogP contribution < -0.4 is 5.32 Å². The van der Waals surface area contributed by atoms with Gasteiger partial charge in [0, 0.05) is 6.54 Å². The van der Waals surface area contributed by atoms with E-state index < -0.39 is 4.92 Å². The molecule has 4 nitrogen and oxygen atoms in total. The van der Waals surface area contributed by atoms with Gasteiger partial charge in [0.25, 0.3) is 0 Å². The molecule has 0 spiro atoms. The fourth-order valence-corrected chi connectivity index (χ4v) is 3.50. The van der Waals surface area contributed by atoms with Gasteiger partial charge in [-0.2, -0.15) is 11.8 Å². The number of anilines is 1. The van der Waals surface area contributed by atoms with E-state index in [1.807, 2.05) is 11.8 Å². The van der Waals surface area contributed by atoms with Crippen molar-refractivity contribution in [3.05, 3.63) is 33.3 Å². The average Bonchev–Trinajstić information content (AvgIpc) is 2.37. The Kier molecular flexibility index (Phi) is 4.72. The summed E-state index contributed by atoms with van der Waals surface area (Å²) in [4.78, 5) is 10.5. The molecule has 1 fully saturated rings. The zero-order valence-corrected chi connectivity index (χ0v) is 11.5. The predicted octanol–water partition coefficient (Wildman–Crippen LogP) is 3.80. The first-order valence-electron chi connectivity index (χ1n) is 5.93. The maximum Gasteiger partial charge on any atom is 0.310 e. The molecule has 18 heavy (non-hydrogen) atoms. The van der Waals surface area contributed by atoms with Crippen molar-refractivity contribution in [3.8, 4) is 0 Å². The summed E-state index contributed by atoms with van der Waals surface area (Å²) in [5.41, 5.74) is 0.495. The smallest absolute Gasteiger partial charge is 0.310 e. The van der Waals surface area contributed by atoms with Crippen molar-refractivity contribution in [2.75, 3.05) is 23.4 Å². The number of hydrogen-bond acceptors (Lipinski definition) is 4. The summed E-state index contributed by atoms with van der Waals surface area (Å²) in [6, 6.07) is 4.98. The van der Waals surface area contributed by atoms with Crippen molar-refractivity contribution >= 4 is 34.7 Å². The Morgan fingerprint density at radius 3 is 2.83 bits per heavy atom. The number of nitrogens with zero attached hydrogens (tertiary/aromatic N) is 1. The minimum absolute atomic E-state index is 0.0237. The second-order valence-corrected chi connectivity index (χ2v) is 5.96. The van der Waals surface area contributed by atoms with Gasteiger partial charge < -0.3 is 5.32 Å². The Morgan fingerprint density at radius 1 is 1.44 bits per heavy atom. The molecule has 1 aromatic rings.